The first-order valence-corrected chi connectivity index (χ1v) is 8.46. The van der Waals surface area contributed by atoms with Gasteiger partial charge in [-0.3, -0.25) is 9.59 Å². The zero-order valence-electron chi connectivity index (χ0n) is 13.5. The zero-order chi connectivity index (χ0) is 16.0. The van der Waals surface area contributed by atoms with Crippen molar-refractivity contribution in [2.75, 3.05) is 26.2 Å². The monoisotopic (exact) mass is 314 g/mol. The van der Waals surface area contributed by atoms with Crippen molar-refractivity contribution in [2.45, 2.75) is 32.3 Å². The highest BCUT2D eigenvalue weighted by Crippen LogP contribution is 2.33. The van der Waals surface area contributed by atoms with E-state index in [1.807, 2.05) is 34.9 Å². The zero-order valence-corrected chi connectivity index (χ0v) is 13.5. The molecule has 0 N–H and O–H groups in total. The summed E-state index contributed by atoms with van der Waals surface area (Å²) >= 11 is 0. The van der Waals surface area contributed by atoms with Crippen molar-refractivity contribution in [1.82, 2.24) is 9.80 Å². The number of rotatable bonds is 2. The number of carbonyl (C=O) groups is 2. The van der Waals surface area contributed by atoms with Crippen LogP contribution in [0.5, 0.6) is 5.75 Å². The minimum atomic E-state index is -0.406. The topological polar surface area (TPSA) is 49.9 Å². The van der Waals surface area contributed by atoms with Gasteiger partial charge in [0.25, 0.3) is 5.91 Å². The number of amides is 2. The summed E-state index contributed by atoms with van der Waals surface area (Å²) < 4.78 is 5.90. The predicted molar refractivity (Wildman–Crippen MR) is 85.2 cm³/mol. The number of ether oxygens (including phenoxy) is 1. The fourth-order valence-corrected chi connectivity index (χ4v) is 3.50. The van der Waals surface area contributed by atoms with Gasteiger partial charge in [0.05, 0.1) is 0 Å². The molecule has 4 rings (SSSR count). The third-order valence-corrected chi connectivity index (χ3v) is 5.06. The highest BCUT2D eigenvalue weighted by Gasteiger charge is 2.37. The van der Waals surface area contributed by atoms with Crippen molar-refractivity contribution < 1.29 is 14.3 Å². The Morgan fingerprint density at radius 2 is 1.70 bits per heavy atom. The lowest BCUT2D eigenvalue weighted by molar-refractivity contribution is -0.144. The van der Waals surface area contributed by atoms with E-state index < -0.39 is 6.10 Å². The Kier molecular flexibility index (Phi) is 3.51. The van der Waals surface area contributed by atoms with Crippen LogP contribution < -0.4 is 4.74 Å². The molecule has 1 aliphatic carbocycles. The van der Waals surface area contributed by atoms with Crippen LogP contribution in [0.15, 0.2) is 18.2 Å². The summed E-state index contributed by atoms with van der Waals surface area (Å²) in [6.07, 6.45) is 2.31. The highest BCUT2D eigenvalue weighted by atomic mass is 16.5. The molecule has 0 aromatic heterocycles. The molecule has 0 bridgehead atoms. The molecule has 0 spiro atoms. The number of nitrogens with zero attached hydrogens (tertiary/aromatic N) is 2. The number of benzene rings is 1. The Labute approximate surface area is 136 Å². The number of carbonyl (C=O) groups excluding carboxylic acids is 2. The molecule has 5 heteroatoms. The Morgan fingerprint density at radius 1 is 1.04 bits per heavy atom. The largest absolute Gasteiger partial charge is 0.480 e. The summed E-state index contributed by atoms with van der Waals surface area (Å²) in [5.74, 6) is 1.46. The average Bonchev–Trinajstić information content (AvgIpc) is 3.33. The normalized spacial score (nSPS) is 23.4. The molecule has 23 heavy (non-hydrogen) atoms. The van der Waals surface area contributed by atoms with Crippen molar-refractivity contribution in [3.63, 3.8) is 0 Å². The molecule has 1 atom stereocenters. The molecule has 3 aliphatic rings. The number of aryl methyl sites for hydroxylation is 1. The Balaban J connectivity index is 1.36. The van der Waals surface area contributed by atoms with Gasteiger partial charge < -0.3 is 14.5 Å². The van der Waals surface area contributed by atoms with E-state index in [1.54, 1.807) is 0 Å². The van der Waals surface area contributed by atoms with Gasteiger partial charge in [0.2, 0.25) is 5.91 Å². The summed E-state index contributed by atoms with van der Waals surface area (Å²) in [6.45, 7) is 4.55. The second-order valence-electron chi connectivity index (χ2n) is 6.80. The third-order valence-electron chi connectivity index (χ3n) is 5.06. The number of para-hydroxylation sites is 1. The second-order valence-corrected chi connectivity index (χ2v) is 6.80. The van der Waals surface area contributed by atoms with Gasteiger partial charge in [-0.1, -0.05) is 18.2 Å². The molecule has 1 saturated carbocycles. The van der Waals surface area contributed by atoms with E-state index >= 15 is 0 Å². The number of hydrogen-bond donors (Lipinski definition) is 0. The van der Waals surface area contributed by atoms with E-state index in [0.29, 0.717) is 32.6 Å². The molecule has 2 heterocycles. The molecule has 1 saturated heterocycles. The smallest absolute Gasteiger partial charge is 0.264 e. The predicted octanol–water partition coefficient (Wildman–Crippen LogP) is 1.38. The van der Waals surface area contributed by atoms with Gasteiger partial charge in [0.15, 0.2) is 6.10 Å². The van der Waals surface area contributed by atoms with Gasteiger partial charge >= 0.3 is 0 Å². The summed E-state index contributed by atoms with van der Waals surface area (Å²) in [4.78, 5) is 28.5. The van der Waals surface area contributed by atoms with Crippen LogP contribution >= 0.6 is 0 Å². The first-order valence-electron chi connectivity index (χ1n) is 8.46. The summed E-state index contributed by atoms with van der Waals surface area (Å²) in [7, 11) is 0. The van der Waals surface area contributed by atoms with Crippen LogP contribution in [-0.2, 0) is 16.0 Å². The van der Waals surface area contributed by atoms with Gasteiger partial charge in [-0.15, -0.1) is 0 Å². The van der Waals surface area contributed by atoms with Crippen LogP contribution in [0.1, 0.15) is 24.0 Å². The van der Waals surface area contributed by atoms with Crippen LogP contribution in [0.2, 0.25) is 0 Å². The third kappa shape index (κ3) is 2.69. The van der Waals surface area contributed by atoms with Crippen molar-refractivity contribution >= 4 is 11.8 Å². The lowest BCUT2D eigenvalue weighted by atomic mass is 10.1. The van der Waals surface area contributed by atoms with Gasteiger partial charge in [-0.05, 0) is 30.9 Å². The molecule has 5 nitrogen and oxygen atoms in total. The van der Waals surface area contributed by atoms with Crippen LogP contribution in [0.4, 0.5) is 0 Å². The average molecular weight is 314 g/mol. The molecule has 0 radical (unpaired) electrons. The van der Waals surface area contributed by atoms with Gasteiger partial charge in [0, 0.05) is 38.5 Å². The van der Waals surface area contributed by atoms with E-state index in [0.717, 1.165) is 29.7 Å². The van der Waals surface area contributed by atoms with E-state index in [-0.39, 0.29) is 17.7 Å². The highest BCUT2D eigenvalue weighted by molar-refractivity contribution is 5.84. The lowest BCUT2D eigenvalue weighted by Gasteiger charge is -2.35. The molecule has 2 aliphatic heterocycles. The summed E-state index contributed by atoms with van der Waals surface area (Å²) in [5, 5.41) is 0. The Hall–Kier alpha value is -2.04. The van der Waals surface area contributed by atoms with Crippen LogP contribution in [0.3, 0.4) is 0 Å². The quantitative estimate of drug-likeness (QED) is 0.829. The van der Waals surface area contributed by atoms with Gasteiger partial charge in [-0.25, -0.2) is 0 Å². The first kappa shape index (κ1) is 14.5. The fraction of sp³-hybridized carbons (Fsp3) is 0.556. The molecule has 122 valence electrons. The molecular weight excluding hydrogens is 292 g/mol. The standard InChI is InChI=1S/C18H22N2O3/c1-12-3-2-4-14-11-15(23-16(12)14)18(22)20-9-7-19(8-10-20)17(21)13-5-6-13/h2-4,13,15H,5-11H2,1H3. The summed E-state index contributed by atoms with van der Waals surface area (Å²) in [6, 6.07) is 6.04. The Morgan fingerprint density at radius 3 is 2.30 bits per heavy atom. The maximum Gasteiger partial charge on any atom is 0.264 e. The van der Waals surface area contributed by atoms with E-state index in [9.17, 15) is 9.59 Å². The molecular formula is C18H22N2O3. The maximum atomic E-state index is 12.7. The van der Waals surface area contributed by atoms with E-state index in [4.69, 9.17) is 4.74 Å². The second kappa shape index (κ2) is 5.55. The van der Waals surface area contributed by atoms with Crippen LogP contribution in [0, 0.1) is 12.8 Å². The molecule has 1 unspecified atom stereocenters. The first-order chi connectivity index (χ1) is 11.1. The number of fused-ring (bicyclic) bond motifs is 1. The van der Waals surface area contributed by atoms with Crippen LogP contribution in [-0.4, -0.2) is 53.9 Å². The number of piperazine rings is 1. The molecule has 1 aromatic rings. The lowest BCUT2D eigenvalue weighted by Crippen LogP contribution is -2.53. The van der Waals surface area contributed by atoms with Crippen molar-refractivity contribution in [2.24, 2.45) is 5.92 Å². The minimum absolute atomic E-state index is 0.0547. The van der Waals surface area contributed by atoms with Crippen molar-refractivity contribution in [3.8, 4) is 5.75 Å². The SMILES string of the molecule is Cc1cccc2c1OC(C(=O)N1CCN(C(=O)C3CC3)CC1)C2. The van der Waals surface area contributed by atoms with Crippen molar-refractivity contribution in [1.29, 1.82) is 0 Å². The molecule has 1 aromatic carbocycles. The van der Waals surface area contributed by atoms with E-state index in [1.165, 1.54) is 0 Å². The molecule has 2 fully saturated rings. The minimum Gasteiger partial charge on any atom is -0.480 e. The van der Waals surface area contributed by atoms with Crippen molar-refractivity contribution in [3.05, 3.63) is 29.3 Å². The van der Waals surface area contributed by atoms with Gasteiger partial charge in [0.1, 0.15) is 5.75 Å². The molecule has 2 amide bonds. The van der Waals surface area contributed by atoms with E-state index in [2.05, 4.69) is 0 Å². The number of hydrogen-bond acceptors (Lipinski definition) is 3. The Bertz CT molecular complexity index is 646. The maximum absolute atomic E-state index is 12.7. The van der Waals surface area contributed by atoms with Gasteiger partial charge in [-0.2, -0.15) is 0 Å². The van der Waals surface area contributed by atoms with Crippen LogP contribution in [0.25, 0.3) is 0 Å². The fourth-order valence-electron chi connectivity index (χ4n) is 3.50. The summed E-state index contributed by atoms with van der Waals surface area (Å²) in [5.41, 5.74) is 2.20.